The monoisotopic (exact) mass is 308 g/mol. The number of nitrogens with one attached hydrogen (secondary N) is 2. The molecule has 2 fully saturated rings. The van der Waals surface area contributed by atoms with Crippen molar-refractivity contribution in [2.24, 2.45) is 0 Å². The molecule has 2 N–H and O–H groups in total. The summed E-state index contributed by atoms with van der Waals surface area (Å²) in [6.07, 6.45) is 8.03. The minimum Gasteiger partial charge on any atom is -0.338 e. The molecule has 3 aromatic rings. The van der Waals surface area contributed by atoms with Crippen molar-refractivity contribution >= 4 is 22.5 Å². The Bertz CT molecular complexity index is 951. The van der Waals surface area contributed by atoms with E-state index in [1.165, 1.54) is 0 Å². The van der Waals surface area contributed by atoms with Crippen molar-refractivity contribution in [3.63, 3.8) is 0 Å². The van der Waals surface area contributed by atoms with Gasteiger partial charge in [-0.25, -0.2) is 9.97 Å². The third-order valence-corrected chi connectivity index (χ3v) is 4.41. The average molecular weight is 308 g/mol. The Balaban J connectivity index is 1.54. The topological polar surface area (TPSA) is 88.5 Å². The number of hydrogen-bond acceptors (Lipinski definition) is 5. The van der Waals surface area contributed by atoms with E-state index in [0.29, 0.717) is 17.8 Å². The summed E-state index contributed by atoms with van der Waals surface area (Å²) in [7, 11) is 0. The predicted octanol–water partition coefficient (Wildman–Crippen LogP) is 2.47. The molecule has 23 heavy (non-hydrogen) atoms. The fourth-order valence-electron chi connectivity index (χ4n) is 2.83. The van der Waals surface area contributed by atoms with Crippen molar-refractivity contribution < 1.29 is 0 Å². The standard InChI is InChI=1S/C16H16N6O/c23-13-7-10(5-6-22(13)11-3-4-11)18-16-14-12(8-17-21-14)19-15(20-16)9-1-2-9/h5-9,11H,1-4H2,(H,17,21)(H,18,19,20). The van der Waals surface area contributed by atoms with Gasteiger partial charge in [-0.1, -0.05) is 0 Å². The zero-order valence-corrected chi connectivity index (χ0v) is 12.5. The Morgan fingerprint density at radius 1 is 1.22 bits per heavy atom. The third-order valence-electron chi connectivity index (χ3n) is 4.41. The first-order valence-electron chi connectivity index (χ1n) is 7.98. The number of rotatable bonds is 4. The highest BCUT2D eigenvalue weighted by atomic mass is 16.1. The molecule has 116 valence electrons. The summed E-state index contributed by atoms with van der Waals surface area (Å²) in [6, 6.07) is 3.93. The molecule has 2 aliphatic rings. The van der Waals surface area contributed by atoms with E-state index in [1.807, 2.05) is 12.3 Å². The van der Waals surface area contributed by atoms with Crippen LogP contribution in [-0.2, 0) is 0 Å². The van der Waals surface area contributed by atoms with Crippen molar-refractivity contribution in [2.75, 3.05) is 5.32 Å². The number of nitrogens with zero attached hydrogens (tertiary/aromatic N) is 4. The minimum absolute atomic E-state index is 0.0230. The zero-order chi connectivity index (χ0) is 15.4. The van der Waals surface area contributed by atoms with E-state index in [2.05, 4.69) is 25.5 Å². The maximum absolute atomic E-state index is 12.2. The molecule has 0 atom stereocenters. The van der Waals surface area contributed by atoms with E-state index in [9.17, 15) is 4.79 Å². The molecule has 0 radical (unpaired) electrons. The Morgan fingerprint density at radius 2 is 2.09 bits per heavy atom. The van der Waals surface area contributed by atoms with Crippen LogP contribution in [0.2, 0.25) is 0 Å². The lowest BCUT2D eigenvalue weighted by atomic mass is 10.3. The summed E-state index contributed by atoms with van der Waals surface area (Å²) in [5.74, 6) is 1.99. The van der Waals surface area contributed by atoms with Gasteiger partial charge in [0.05, 0.1) is 6.20 Å². The van der Waals surface area contributed by atoms with Gasteiger partial charge >= 0.3 is 0 Å². The SMILES string of the molecule is O=c1cc(Nc2nc(C3CC3)nc3cn[nH]c23)ccn1C1CC1. The summed E-state index contributed by atoms with van der Waals surface area (Å²) >= 11 is 0. The first kappa shape index (κ1) is 12.8. The maximum Gasteiger partial charge on any atom is 0.252 e. The average Bonchev–Trinajstić information content (AvgIpc) is 3.45. The molecule has 7 nitrogen and oxygen atoms in total. The van der Waals surface area contributed by atoms with Gasteiger partial charge in [-0.05, 0) is 31.7 Å². The number of aromatic amines is 1. The second-order valence-electron chi connectivity index (χ2n) is 6.35. The van der Waals surface area contributed by atoms with Gasteiger partial charge in [-0.3, -0.25) is 9.89 Å². The quantitative estimate of drug-likeness (QED) is 0.773. The lowest BCUT2D eigenvalue weighted by Gasteiger charge is -2.09. The first-order valence-corrected chi connectivity index (χ1v) is 7.98. The lowest BCUT2D eigenvalue weighted by molar-refractivity contribution is 0.708. The molecule has 2 saturated carbocycles. The fourth-order valence-corrected chi connectivity index (χ4v) is 2.83. The van der Waals surface area contributed by atoms with Gasteiger partial charge in [0.1, 0.15) is 16.9 Å². The van der Waals surface area contributed by atoms with E-state index in [-0.39, 0.29) is 5.56 Å². The number of fused-ring (bicyclic) bond motifs is 1. The van der Waals surface area contributed by atoms with Gasteiger partial charge in [-0.2, -0.15) is 5.10 Å². The van der Waals surface area contributed by atoms with Gasteiger partial charge in [0.25, 0.3) is 5.56 Å². The summed E-state index contributed by atoms with van der Waals surface area (Å²) in [5, 5.41) is 10.2. The van der Waals surface area contributed by atoms with Crippen molar-refractivity contribution in [3.8, 4) is 0 Å². The maximum atomic E-state index is 12.2. The van der Waals surface area contributed by atoms with Crippen LogP contribution in [0.15, 0.2) is 29.3 Å². The van der Waals surface area contributed by atoms with E-state index in [4.69, 9.17) is 0 Å². The number of anilines is 2. The Hall–Kier alpha value is -2.70. The molecular weight excluding hydrogens is 292 g/mol. The van der Waals surface area contributed by atoms with Crippen LogP contribution in [0.3, 0.4) is 0 Å². The van der Waals surface area contributed by atoms with Gasteiger partial charge < -0.3 is 9.88 Å². The van der Waals surface area contributed by atoms with Crippen molar-refractivity contribution in [2.45, 2.75) is 37.6 Å². The Morgan fingerprint density at radius 3 is 2.83 bits per heavy atom. The molecule has 7 heteroatoms. The highest BCUT2D eigenvalue weighted by molar-refractivity contribution is 5.86. The van der Waals surface area contributed by atoms with Gasteiger partial charge in [0, 0.05) is 29.9 Å². The molecule has 0 aliphatic heterocycles. The fraction of sp³-hybridized carbons (Fsp3) is 0.375. The number of aromatic nitrogens is 5. The van der Waals surface area contributed by atoms with E-state index in [0.717, 1.165) is 48.2 Å². The first-order chi connectivity index (χ1) is 11.3. The van der Waals surface area contributed by atoms with Gasteiger partial charge in [-0.15, -0.1) is 0 Å². The van der Waals surface area contributed by atoms with Crippen molar-refractivity contribution in [1.29, 1.82) is 0 Å². The molecule has 0 unspecified atom stereocenters. The second kappa shape index (κ2) is 4.65. The van der Waals surface area contributed by atoms with Crippen molar-refractivity contribution in [1.82, 2.24) is 24.7 Å². The second-order valence-corrected chi connectivity index (χ2v) is 6.35. The summed E-state index contributed by atoms with van der Waals surface area (Å²) in [4.78, 5) is 21.4. The van der Waals surface area contributed by atoms with Crippen LogP contribution in [0.1, 0.15) is 43.5 Å². The molecule has 3 aromatic heterocycles. The van der Waals surface area contributed by atoms with Crippen LogP contribution in [0.25, 0.3) is 11.0 Å². The van der Waals surface area contributed by atoms with Crippen LogP contribution in [0, 0.1) is 0 Å². The van der Waals surface area contributed by atoms with Gasteiger partial charge in [0.15, 0.2) is 5.82 Å². The minimum atomic E-state index is 0.0230. The normalized spacial score (nSPS) is 17.6. The van der Waals surface area contributed by atoms with E-state index >= 15 is 0 Å². The van der Waals surface area contributed by atoms with E-state index < -0.39 is 0 Å². The molecular formula is C16H16N6O. The van der Waals surface area contributed by atoms with Crippen molar-refractivity contribution in [3.05, 3.63) is 40.7 Å². The van der Waals surface area contributed by atoms with Gasteiger partial charge in [0.2, 0.25) is 0 Å². The molecule has 0 amide bonds. The molecule has 0 aromatic carbocycles. The summed E-state index contributed by atoms with van der Waals surface area (Å²) in [6.45, 7) is 0. The highest BCUT2D eigenvalue weighted by Crippen LogP contribution is 2.39. The molecule has 2 aliphatic carbocycles. The van der Waals surface area contributed by atoms with Crippen LogP contribution in [0.4, 0.5) is 11.5 Å². The Kier molecular flexibility index (Phi) is 2.59. The van der Waals surface area contributed by atoms with Crippen LogP contribution in [-0.4, -0.2) is 24.7 Å². The number of hydrogen-bond donors (Lipinski definition) is 2. The molecule has 0 saturated heterocycles. The third kappa shape index (κ3) is 2.28. The predicted molar refractivity (Wildman–Crippen MR) is 85.9 cm³/mol. The Labute approximate surface area is 131 Å². The van der Waals surface area contributed by atoms with E-state index in [1.54, 1.807) is 16.8 Å². The van der Waals surface area contributed by atoms with Crippen LogP contribution >= 0.6 is 0 Å². The molecule has 0 spiro atoms. The number of H-pyrrole nitrogens is 1. The summed E-state index contributed by atoms with van der Waals surface area (Å²) < 4.78 is 1.80. The number of pyridine rings is 1. The summed E-state index contributed by atoms with van der Waals surface area (Å²) in [5.41, 5.74) is 2.33. The molecule has 5 rings (SSSR count). The zero-order valence-electron chi connectivity index (χ0n) is 12.5. The highest BCUT2D eigenvalue weighted by Gasteiger charge is 2.28. The lowest BCUT2D eigenvalue weighted by Crippen LogP contribution is -2.17. The largest absolute Gasteiger partial charge is 0.338 e. The van der Waals surface area contributed by atoms with Crippen LogP contribution in [0.5, 0.6) is 0 Å². The molecule has 3 heterocycles. The van der Waals surface area contributed by atoms with Crippen LogP contribution < -0.4 is 10.9 Å². The molecule has 0 bridgehead atoms. The smallest absolute Gasteiger partial charge is 0.252 e.